The van der Waals surface area contributed by atoms with Crippen LogP contribution in [0.5, 0.6) is 0 Å². The predicted molar refractivity (Wildman–Crippen MR) is 59.5 cm³/mol. The highest BCUT2D eigenvalue weighted by Crippen LogP contribution is 2.57. The number of aromatic nitrogens is 2. The molecule has 1 heterocycles. The van der Waals surface area contributed by atoms with E-state index in [-0.39, 0.29) is 6.42 Å². The van der Waals surface area contributed by atoms with Crippen molar-refractivity contribution in [1.82, 2.24) is 10.2 Å². The molecule has 1 atom stereocenters. The minimum atomic E-state index is -2.83. The van der Waals surface area contributed by atoms with Crippen molar-refractivity contribution < 1.29 is 8.78 Å². The molecule has 1 unspecified atom stereocenters. The summed E-state index contributed by atoms with van der Waals surface area (Å²) in [6, 6.07) is 11.0. The van der Waals surface area contributed by atoms with Crippen molar-refractivity contribution >= 4 is 0 Å². The maximum atomic E-state index is 13.1. The maximum Gasteiger partial charge on any atom is 0.273 e. The summed E-state index contributed by atoms with van der Waals surface area (Å²) in [7, 11) is 0. The molecule has 0 radical (unpaired) electrons. The number of hydrogen-bond acceptors (Lipinski definition) is 2. The van der Waals surface area contributed by atoms with Crippen LogP contribution in [0.1, 0.15) is 12.1 Å². The predicted octanol–water partition coefficient (Wildman–Crippen LogP) is 2.27. The van der Waals surface area contributed by atoms with Crippen molar-refractivity contribution in [2.45, 2.75) is 17.9 Å². The van der Waals surface area contributed by atoms with Crippen LogP contribution in [0.15, 0.2) is 36.4 Å². The minimum Gasteiger partial charge on any atom is -0.315 e. The third-order valence-electron chi connectivity index (χ3n) is 3.16. The highest BCUT2D eigenvalue weighted by molar-refractivity contribution is 5.59. The maximum absolute atomic E-state index is 13.1. The van der Waals surface area contributed by atoms with Crippen LogP contribution in [0.25, 0.3) is 11.3 Å². The second kappa shape index (κ2) is 3.13. The van der Waals surface area contributed by atoms with E-state index in [0.717, 1.165) is 5.56 Å². The lowest BCUT2D eigenvalue weighted by molar-refractivity contribution is 0.0881. The Morgan fingerprint density at radius 2 is 1.88 bits per heavy atom. The molecule has 1 aliphatic carbocycles. The van der Waals surface area contributed by atoms with Gasteiger partial charge in [-0.15, -0.1) is 0 Å². The molecule has 0 aliphatic heterocycles. The Morgan fingerprint density at radius 3 is 2.47 bits per heavy atom. The Morgan fingerprint density at radius 1 is 1.24 bits per heavy atom. The zero-order valence-electron chi connectivity index (χ0n) is 8.95. The summed E-state index contributed by atoms with van der Waals surface area (Å²) in [5, 5.41) is 6.63. The van der Waals surface area contributed by atoms with E-state index >= 15 is 0 Å². The van der Waals surface area contributed by atoms with Gasteiger partial charge in [-0.05, 0) is 6.07 Å². The molecule has 1 aromatic carbocycles. The molecule has 5 heteroatoms. The number of hydrogen-bond donors (Lipinski definition) is 2. The van der Waals surface area contributed by atoms with Gasteiger partial charge in [-0.2, -0.15) is 5.10 Å². The van der Waals surface area contributed by atoms with Crippen molar-refractivity contribution in [2.24, 2.45) is 5.73 Å². The largest absolute Gasteiger partial charge is 0.315 e. The third-order valence-corrected chi connectivity index (χ3v) is 3.16. The van der Waals surface area contributed by atoms with Crippen molar-refractivity contribution in [3.63, 3.8) is 0 Å². The number of alkyl halides is 2. The van der Waals surface area contributed by atoms with Crippen molar-refractivity contribution in [1.29, 1.82) is 0 Å². The number of benzene rings is 1. The number of halogens is 2. The molecule has 1 saturated carbocycles. The van der Waals surface area contributed by atoms with E-state index in [1.54, 1.807) is 6.07 Å². The van der Waals surface area contributed by atoms with Gasteiger partial charge in [0, 0.05) is 12.0 Å². The monoisotopic (exact) mass is 235 g/mol. The number of aromatic amines is 1. The average molecular weight is 235 g/mol. The first-order valence-electron chi connectivity index (χ1n) is 5.31. The highest BCUT2D eigenvalue weighted by Gasteiger charge is 2.71. The first-order chi connectivity index (χ1) is 8.03. The van der Waals surface area contributed by atoms with Gasteiger partial charge in [-0.3, -0.25) is 5.10 Å². The van der Waals surface area contributed by atoms with Crippen LogP contribution < -0.4 is 5.73 Å². The Balaban J connectivity index is 1.95. The molecule has 0 bridgehead atoms. The van der Waals surface area contributed by atoms with Gasteiger partial charge in [0.15, 0.2) is 0 Å². The second-order valence-electron chi connectivity index (χ2n) is 4.39. The fourth-order valence-corrected chi connectivity index (χ4v) is 1.91. The molecule has 1 aliphatic rings. The lowest BCUT2D eigenvalue weighted by atomic mass is 10.1. The summed E-state index contributed by atoms with van der Waals surface area (Å²) >= 11 is 0. The van der Waals surface area contributed by atoms with E-state index in [4.69, 9.17) is 5.73 Å². The van der Waals surface area contributed by atoms with E-state index < -0.39 is 11.5 Å². The van der Waals surface area contributed by atoms with Gasteiger partial charge in [-0.1, -0.05) is 30.3 Å². The van der Waals surface area contributed by atoms with Gasteiger partial charge >= 0.3 is 0 Å². The van der Waals surface area contributed by atoms with E-state index in [1.165, 1.54) is 0 Å². The molecule has 17 heavy (non-hydrogen) atoms. The van der Waals surface area contributed by atoms with Crippen LogP contribution in [-0.2, 0) is 5.54 Å². The Labute approximate surface area is 96.6 Å². The smallest absolute Gasteiger partial charge is 0.273 e. The fourth-order valence-electron chi connectivity index (χ4n) is 1.91. The van der Waals surface area contributed by atoms with E-state index in [0.29, 0.717) is 11.4 Å². The first kappa shape index (κ1) is 10.4. The van der Waals surface area contributed by atoms with Gasteiger partial charge < -0.3 is 5.73 Å². The van der Waals surface area contributed by atoms with Gasteiger partial charge in [0.05, 0.1) is 11.4 Å². The van der Waals surface area contributed by atoms with Crippen LogP contribution in [0.4, 0.5) is 8.78 Å². The number of nitrogens with zero attached hydrogens (tertiary/aromatic N) is 1. The van der Waals surface area contributed by atoms with Crippen molar-refractivity contribution in [3.05, 3.63) is 42.1 Å². The highest BCUT2D eigenvalue weighted by atomic mass is 19.3. The molecular formula is C12H11F2N3. The standard InChI is InChI=1S/C12H11F2N3/c13-12(14)7-11(12,15)10-6-9(16-17-10)8-4-2-1-3-5-8/h1-6H,7,15H2,(H,16,17). The number of H-pyrrole nitrogens is 1. The zero-order chi connectivity index (χ0) is 12.1. The normalized spacial score (nSPS) is 25.8. The van der Waals surface area contributed by atoms with Crippen molar-refractivity contribution in [3.8, 4) is 11.3 Å². The quantitative estimate of drug-likeness (QED) is 0.838. The Bertz CT molecular complexity index is 550. The van der Waals surface area contributed by atoms with Crippen LogP contribution in [0.3, 0.4) is 0 Å². The molecule has 1 fully saturated rings. The average Bonchev–Trinajstić information content (AvgIpc) is 2.72. The molecule has 2 aromatic rings. The summed E-state index contributed by atoms with van der Waals surface area (Å²) in [5.41, 5.74) is 5.86. The number of nitrogens with one attached hydrogen (secondary N) is 1. The molecule has 3 N–H and O–H groups in total. The van der Waals surface area contributed by atoms with Gasteiger partial charge in [0.25, 0.3) is 5.92 Å². The summed E-state index contributed by atoms with van der Waals surface area (Å²) in [6.07, 6.45) is -0.323. The van der Waals surface area contributed by atoms with E-state index in [9.17, 15) is 8.78 Å². The number of nitrogens with two attached hydrogens (primary N) is 1. The second-order valence-corrected chi connectivity index (χ2v) is 4.39. The summed E-state index contributed by atoms with van der Waals surface area (Å²) < 4.78 is 26.2. The first-order valence-corrected chi connectivity index (χ1v) is 5.31. The summed E-state index contributed by atoms with van der Waals surface area (Å²) in [5.74, 6) is -2.83. The van der Waals surface area contributed by atoms with Crippen LogP contribution in [0.2, 0.25) is 0 Å². The molecule has 0 saturated heterocycles. The molecule has 0 spiro atoms. The van der Waals surface area contributed by atoms with E-state index in [2.05, 4.69) is 10.2 Å². The summed E-state index contributed by atoms with van der Waals surface area (Å²) in [4.78, 5) is 0. The fraction of sp³-hybridized carbons (Fsp3) is 0.250. The molecule has 1 aromatic heterocycles. The molecule has 3 nitrogen and oxygen atoms in total. The van der Waals surface area contributed by atoms with Crippen LogP contribution >= 0.6 is 0 Å². The van der Waals surface area contributed by atoms with E-state index in [1.807, 2.05) is 30.3 Å². The lowest BCUT2D eigenvalue weighted by Crippen LogP contribution is -2.27. The molecular weight excluding hydrogens is 224 g/mol. The lowest BCUT2D eigenvalue weighted by Gasteiger charge is -2.05. The topological polar surface area (TPSA) is 54.7 Å². The zero-order valence-corrected chi connectivity index (χ0v) is 8.95. The number of rotatable bonds is 2. The van der Waals surface area contributed by atoms with Crippen LogP contribution in [-0.4, -0.2) is 16.1 Å². The summed E-state index contributed by atoms with van der Waals surface area (Å²) in [6.45, 7) is 0. The van der Waals surface area contributed by atoms with Gasteiger partial charge in [-0.25, -0.2) is 8.78 Å². The van der Waals surface area contributed by atoms with Gasteiger partial charge in [0.1, 0.15) is 5.54 Å². The SMILES string of the molecule is NC1(c2cc(-c3ccccc3)n[nH]2)CC1(F)F. The minimum absolute atomic E-state index is 0.293. The Hall–Kier alpha value is -1.75. The molecule has 0 amide bonds. The van der Waals surface area contributed by atoms with Crippen LogP contribution in [0, 0.1) is 0 Å². The Kier molecular flexibility index (Phi) is 1.92. The molecule has 3 rings (SSSR count). The van der Waals surface area contributed by atoms with Gasteiger partial charge in [0.2, 0.25) is 0 Å². The third kappa shape index (κ3) is 1.46. The van der Waals surface area contributed by atoms with Crippen molar-refractivity contribution in [2.75, 3.05) is 0 Å². The molecule has 88 valence electrons.